The van der Waals surface area contributed by atoms with E-state index < -0.39 is 36.3 Å². The van der Waals surface area contributed by atoms with Crippen LogP contribution in [0.25, 0.3) is 27.8 Å². The third kappa shape index (κ3) is 6.96. The summed E-state index contributed by atoms with van der Waals surface area (Å²) in [4.78, 5) is 3.30. The molecule has 0 N–H and O–H groups in total. The topological polar surface area (TPSA) is 6.48 Å². The fourth-order valence-corrected chi connectivity index (χ4v) is 5.78. The van der Waals surface area contributed by atoms with Gasteiger partial charge < -0.3 is 9.80 Å². The van der Waals surface area contributed by atoms with Crippen LogP contribution in [-0.4, -0.2) is 0 Å². The van der Waals surface area contributed by atoms with E-state index in [1.807, 2.05) is 133 Å². The molecule has 0 atom stereocenters. The molecular formula is C48H38N2. The summed E-state index contributed by atoms with van der Waals surface area (Å²) in [5.41, 5.74) is 7.63. The minimum absolute atomic E-state index is 0.000900. The second-order valence-corrected chi connectivity index (χ2v) is 11.2. The van der Waals surface area contributed by atoms with E-state index >= 15 is 0 Å². The fraction of sp³-hybridized carbons (Fsp3) is 0. The Balaban J connectivity index is 1.29. The zero-order chi connectivity index (χ0) is 42.8. The van der Waals surface area contributed by atoms with Crippen molar-refractivity contribution in [1.82, 2.24) is 0 Å². The average molecular weight is 653 g/mol. The van der Waals surface area contributed by atoms with Crippen LogP contribution >= 0.6 is 0 Å². The van der Waals surface area contributed by atoms with Gasteiger partial charge in [0.2, 0.25) is 0 Å². The van der Waals surface area contributed by atoms with E-state index in [9.17, 15) is 0 Å². The molecule has 7 aromatic carbocycles. The molecule has 0 unspecified atom stereocenters. The van der Waals surface area contributed by atoms with Crippen molar-refractivity contribution >= 4 is 39.7 Å². The monoisotopic (exact) mass is 652 g/mol. The lowest BCUT2D eigenvalue weighted by molar-refractivity contribution is 1.28. The molecule has 240 valence electrons. The van der Waals surface area contributed by atoms with Crippen LogP contribution in [0, 0.1) is 0 Å². The second-order valence-electron chi connectivity index (χ2n) is 11.2. The number of rotatable bonds is 11. The first-order chi connectivity index (χ1) is 28.9. The van der Waals surface area contributed by atoms with Crippen LogP contribution in [0.15, 0.2) is 219 Å². The summed E-state index contributed by atoms with van der Waals surface area (Å²) in [6, 6.07) is 35.5. The molecule has 0 bridgehead atoms. The van der Waals surface area contributed by atoms with Crippen molar-refractivity contribution < 1.29 is 13.7 Å². The molecule has 0 spiro atoms. The Morgan fingerprint density at radius 3 is 1.14 bits per heavy atom. The summed E-state index contributed by atoms with van der Waals surface area (Å²) >= 11 is 0. The van der Waals surface area contributed by atoms with Crippen LogP contribution in [0.4, 0.5) is 34.1 Å². The van der Waals surface area contributed by atoms with Crippen molar-refractivity contribution in [3.8, 4) is 22.3 Å². The van der Waals surface area contributed by atoms with E-state index in [4.69, 9.17) is 13.7 Å². The summed E-state index contributed by atoms with van der Waals surface area (Å²) in [6.07, 6.45) is 5.21. The largest absolute Gasteiger partial charge is 0.311 e. The van der Waals surface area contributed by atoms with Crippen LogP contribution in [0.5, 0.6) is 0 Å². The van der Waals surface area contributed by atoms with Crippen LogP contribution in [0.1, 0.15) is 19.3 Å². The van der Waals surface area contributed by atoms with Gasteiger partial charge in [0.05, 0.1) is 13.7 Å². The first kappa shape index (κ1) is 22.1. The summed E-state index contributed by atoms with van der Waals surface area (Å²) < 4.78 is 85.3. The van der Waals surface area contributed by atoms with Gasteiger partial charge in [-0.2, -0.15) is 0 Å². The smallest absolute Gasteiger partial charge is 0.0645 e. The van der Waals surface area contributed by atoms with Gasteiger partial charge in [-0.15, -0.1) is 0 Å². The first-order valence-corrected chi connectivity index (χ1v) is 16.0. The van der Waals surface area contributed by atoms with Crippen molar-refractivity contribution in [2.45, 2.75) is 0 Å². The van der Waals surface area contributed by atoms with Gasteiger partial charge in [-0.1, -0.05) is 147 Å². The lowest BCUT2D eigenvalue weighted by Gasteiger charge is -2.26. The normalized spacial score (nSPS) is 13.9. The number of hydrogen-bond donors (Lipinski definition) is 0. The summed E-state index contributed by atoms with van der Waals surface area (Å²) in [5.74, 6) is 0. The lowest BCUT2D eigenvalue weighted by atomic mass is 10.0. The summed E-state index contributed by atoms with van der Waals surface area (Å²) in [7, 11) is 0. The van der Waals surface area contributed by atoms with Gasteiger partial charge in [0.1, 0.15) is 0 Å². The Bertz CT molecular complexity index is 2710. The van der Waals surface area contributed by atoms with Gasteiger partial charge in [-0.25, -0.2) is 0 Å². The second kappa shape index (κ2) is 15.1. The van der Waals surface area contributed by atoms with E-state index in [0.717, 1.165) is 33.4 Å². The van der Waals surface area contributed by atoms with Gasteiger partial charge in [-0.05, 0) is 106 Å². The first-order valence-electron chi connectivity index (χ1n) is 21.0. The van der Waals surface area contributed by atoms with Crippen molar-refractivity contribution in [2.24, 2.45) is 0 Å². The highest BCUT2D eigenvalue weighted by Crippen LogP contribution is 2.38. The van der Waals surface area contributed by atoms with Gasteiger partial charge in [0.15, 0.2) is 0 Å². The molecule has 0 radical (unpaired) electrons. The maximum absolute atomic E-state index is 8.83. The van der Waals surface area contributed by atoms with E-state index in [0.29, 0.717) is 22.7 Å². The quantitative estimate of drug-likeness (QED) is 0.128. The molecular weight excluding hydrogens is 605 g/mol. The average Bonchev–Trinajstić information content (AvgIpc) is 3.29. The van der Waals surface area contributed by atoms with E-state index in [2.05, 4.69) is 13.2 Å². The minimum Gasteiger partial charge on any atom is -0.311 e. The minimum atomic E-state index is -0.484. The molecule has 0 saturated carbocycles. The van der Waals surface area contributed by atoms with Gasteiger partial charge in [0, 0.05) is 34.1 Å². The van der Waals surface area contributed by atoms with Crippen LogP contribution in [0.2, 0.25) is 0 Å². The lowest BCUT2D eigenvalue weighted by Crippen LogP contribution is -2.10. The Morgan fingerprint density at radius 1 is 0.420 bits per heavy atom. The van der Waals surface area contributed by atoms with E-state index in [1.165, 1.54) is 0 Å². The molecule has 2 heteroatoms. The molecule has 50 heavy (non-hydrogen) atoms. The molecule has 0 aliphatic heterocycles. The van der Waals surface area contributed by atoms with Crippen LogP contribution < -0.4 is 9.80 Å². The number of hydrogen-bond acceptors (Lipinski definition) is 2. The number of allylic oxidation sites excluding steroid dienone is 4. The van der Waals surface area contributed by atoms with E-state index in [-0.39, 0.29) is 35.5 Å². The Labute approximate surface area is 309 Å². The highest BCUT2D eigenvalue weighted by molar-refractivity contribution is 5.82. The molecule has 0 heterocycles. The zero-order valence-electron chi connectivity index (χ0n) is 37.2. The van der Waals surface area contributed by atoms with Crippen LogP contribution in [-0.2, 0) is 0 Å². The molecule has 2 nitrogen and oxygen atoms in total. The number of nitrogens with zero attached hydrogens (tertiary/aromatic N) is 2. The molecule has 0 saturated heterocycles. The predicted octanol–water partition coefficient (Wildman–Crippen LogP) is 13.7. The zero-order valence-corrected chi connectivity index (χ0v) is 27.2. The number of benzene rings is 7. The Kier molecular flexibility index (Phi) is 6.65. The number of para-hydroxylation sites is 2. The SMILES string of the molecule is [2H]c1c([2H])c([2H])c(N(c2ccc(/C(C=C)=C/C=C)cc2)c2ccc(-c3ccc(N(c4ccc(-c5ccccc5)cc4)c4c([2H])c([2H])c([2H])c([2H])c4[2H])cc3)cc2)c([2H])c1[2H]. The predicted molar refractivity (Wildman–Crippen MR) is 215 cm³/mol. The van der Waals surface area contributed by atoms with Crippen molar-refractivity contribution in [3.05, 3.63) is 225 Å². The third-order valence-corrected chi connectivity index (χ3v) is 8.21. The number of anilines is 6. The third-order valence-electron chi connectivity index (χ3n) is 8.21. The van der Waals surface area contributed by atoms with Crippen molar-refractivity contribution in [1.29, 1.82) is 0 Å². The molecule has 0 amide bonds. The summed E-state index contributed by atoms with van der Waals surface area (Å²) in [6.45, 7) is 7.66. The highest BCUT2D eigenvalue weighted by Gasteiger charge is 2.15. The molecule has 0 fully saturated rings. The van der Waals surface area contributed by atoms with Crippen LogP contribution in [0.3, 0.4) is 0 Å². The Morgan fingerprint density at radius 2 is 0.780 bits per heavy atom. The van der Waals surface area contributed by atoms with Gasteiger partial charge in [-0.3, -0.25) is 0 Å². The van der Waals surface area contributed by atoms with E-state index in [1.54, 1.807) is 22.0 Å². The Hall–Kier alpha value is -6.64. The molecule has 7 rings (SSSR count). The maximum atomic E-state index is 8.83. The van der Waals surface area contributed by atoms with Gasteiger partial charge >= 0.3 is 0 Å². The standard InChI is InChI=1S/C48H38N2/c1-3-14-37(4-2)39-21-29-45(30-22-39)49(43-17-10-6-11-18-43)47-33-25-41(26-34-47)42-27-35-48(36-28-42)50(44-19-12-7-13-20-44)46-31-23-40(24-32-46)38-15-8-5-9-16-38/h3-36H,1-2H2/b37-14+/i6D,7D,10D,11D,12D,13D,17D,18D,19D,20D. The fourth-order valence-electron chi connectivity index (χ4n) is 5.78. The molecule has 0 aromatic heterocycles. The van der Waals surface area contributed by atoms with Crippen molar-refractivity contribution in [3.63, 3.8) is 0 Å². The maximum Gasteiger partial charge on any atom is 0.0645 e. The molecule has 0 aliphatic rings. The molecule has 0 aliphatic carbocycles. The highest BCUT2D eigenvalue weighted by atomic mass is 15.1. The van der Waals surface area contributed by atoms with Gasteiger partial charge in [0.25, 0.3) is 0 Å². The molecule has 7 aromatic rings. The summed E-state index contributed by atoms with van der Waals surface area (Å²) in [5, 5.41) is 0. The van der Waals surface area contributed by atoms with Crippen molar-refractivity contribution in [2.75, 3.05) is 9.80 Å².